The lowest BCUT2D eigenvalue weighted by Crippen LogP contribution is -2.50. The van der Waals surface area contributed by atoms with Gasteiger partial charge in [-0.15, -0.1) is 0 Å². The third-order valence-corrected chi connectivity index (χ3v) is 5.58. The number of hydrogen-bond acceptors (Lipinski definition) is 3. The Kier molecular flexibility index (Phi) is 6.23. The lowest BCUT2D eigenvalue weighted by molar-refractivity contribution is 0.241. The summed E-state index contributed by atoms with van der Waals surface area (Å²) in [6.45, 7) is 8.91. The predicted octanol–water partition coefficient (Wildman–Crippen LogP) is 1.41. The Morgan fingerprint density at radius 1 is 1.21 bits per heavy atom. The van der Waals surface area contributed by atoms with Gasteiger partial charge in [-0.25, -0.2) is 0 Å². The van der Waals surface area contributed by atoms with Crippen LogP contribution < -0.4 is 5.73 Å². The number of piperidine rings is 1. The zero-order chi connectivity index (χ0) is 14.5. The van der Waals surface area contributed by atoms with Crippen LogP contribution in [0.15, 0.2) is 0 Å². The van der Waals surface area contributed by atoms with E-state index in [1.807, 2.05) is 20.8 Å². The number of nitrogens with zero attached hydrogens (tertiary/aromatic N) is 2. The van der Waals surface area contributed by atoms with Gasteiger partial charge in [0.25, 0.3) is 10.2 Å². The third-order valence-electron chi connectivity index (χ3n) is 3.60. The van der Waals surface area contributed by atoms with Crippen LogP contribution in [-0.4, -0.2) is 49.8 Å². The molecule has 0 atom stereocenters. The summed E-state index contributed by atoms with van der Waals surface area (Å²) in [5, 5.41) is 0. The molecule has 19 heavy (non-hydrogen) atoms. The second-order valence-electron chi connectivity index (χ2n) is 6.17. The van der Waals surface area contributed by atoms with Crippen LogP contribution in [0.25, 0.3) is 0 Å². The van der Waals surface area contributed by atoms with Crippen molar-refractivity contribution in [2.75, 3.05) is 32.7 Å². The van der Waals surface area contributed by atoms with Gasteiger partial charge in [-0.1, -0.05) is 27.2 Å². The van der Waals surface area contributed by atoms with Crippen molar-refractivity contribution in [3.63, 3.8) is 0 Å². The van der Waals surface area contributed by atoms with Crippen molar-refractivity contribution >= 4 is 10.2 Å². The highest BCUT2D eigenvalue weighted by molar-refractivity contribution is 7.86. The summed E-state index contributed by atoms with van der Waals surface area (Å²) < 4.78 is 28.6. The SMILES string of the molecule is CCCN(CC(C)(C)CN)S(=O)(=O)N1CCCCC1. The van der Waals surface area contributed by atoms with Crippen molar-refractivity contribution < 1.29 is 8.42 Å². The molecule has 6 heteroatoms. The molecule has 2 N–H and O–H groups in total. The number of nitrogens with two attached hydrogens (primary N) is 1. The second kappa shape index (κ2) is 7.02. The van der Waals surface area contributed by atoms with E-state index in [-0.39, 0.29) is 5.41 Å². The average Bonchev–Trinajstić information content (AvgIpc) is 2.39. The first-order valence-corrected chi connectivity index (χ1v) is 8.68. The normalized spacial score (nSPS) is 19.0. The summed E-state index contributed by atoms with van der Waals surface area (Å²) in [6, 6.07) is 0. The van der Waals surface area contributed by atoms with E-state index in [0.717, 1.165) is 25.7 Å². The van der Waals surface area contributed by atoms with Gasteiger partial charge in [0, 0.05) is 26.2 Å². The Morgan fingerprint density at radius 2 is 1.79 bits per heavy atom. The van der Waals surface area contributed by atoms with Gasteiger partial charge in [-0.2, -0.15) is 17.0 Å². The standard InChI is InChI=1S/C13H29N3O2S/c1-4-8-16(12-13(2,3)11-14)19(17,18)15-9-6-5-7-10-15/h4-12,14H2,1-3H3. The summed E-state index contributed by atoms with van der Waals surface area (Å²) in [6.07, 6.45) is 3.90. The van der Waals surface area contributed by atoms with Crippen LogP contribution >= 0.6 is 0 Å². The van der Waals surface area contributed by atoms with Crippen molar-refractivity contribution in [2.45, 2.75) is 46.5 Å². The van der Waals surface area contributed by atoms with Gasteiger partial charge >= 0.3 is 0 Å². The van der Waals surface area contributed by atoms with Crippen LogP contribution in [-0.2, 0) is 10.2 Å². The predicted molar refractivity (Wildman–Crippen MR) is 79.0 cm³/mol. The molecule has 0 aromatic heterocycles. The Morgan fingerprint density at radius 3 is 2.26 bits per heavy atom. The van der Waals surface area contributed by atoms with Crippen molar-refractivity contribution in [3.8, 4) is 0 Å². The fourth-order valence-corrected chi connectivity index (χ4v) is 4.30. The van der Waals surface area contributed by atoms with Crippen molar-refractivity contribution in [2.24, 2.45) is 11.1 Å². The van der Waals surface area contributed by atoms with Gasteiger partial charge in [-0.3, -0.25) is 0 Å². The lowest BCUT2D eigenvalue weighted by atomic mass is 9.94. The molecule has 0 saturated carbocycles. The van der Waals surface area contributed by atoms with Crippen molar-refractivity contribution in [1.82, 2.24) is 8.61 Å². The van der Waals surface area contributed by atoms with Crippen molar-refractivity contribution in [1.29, 1.82) is 0 Å². The fraction of sp³-hybridized carbons (Fsp3) is 1.00. The topological polar surface area (TPSA) is 66.6 Å². The van der Waals surface area contributed by atoms with E-state index >= 15 is 0 Å². The van der Waals surface area contributed by atoms with Gasteiger partial charge < -0.3 is 5.73 Å². The molecule has 0 aromatic carbocycles. The van der Waals surface area contributed by atoms with Crippen molar-refractivity contribution in [3.05, 3.63) is 0 Å². The highest BCUT2D eigenvalue weighted by atomic mass is 32.2. The van der Waals surface area contributed by atoms with Crippen LogP contribution in [0, 0.1) is 5.41 Å². The zero-order valence-corrected chi connectivity index (χ0v) is 13.4. The Balaban J connectivity index is 2.83. The minimum atomic E-state index is -3.32. The average molecular weight is 291 g/mol. The van der Waals surface area contributed by atoms with E-state index in [9.17, 15) is 8.42 Å². The van der Waals surface area contributed by atoms with E-state index in [1.54, 1.807) is 8.61 Å². The van der Waals surface area contributed by atoms with E-state index in [1.165, 1.54) is 0 Å². The fourth-order valence-electron chi connectivity index (χ4n) is 2.33. The first-order chi connectivity index (χ1) is 8.83. The summed E-state index contributed by atoms with van der Waals surface area (Å²) in [4.78, 5) is 0. The summed E-state index contributed by atoms with van der Waals surface area (Å²) in [5.41, 5.74) is 5.55. The molecule has 1 heterocycles. The van der Waals surface area contributed by atoms with E-state index in [0.29, 0.717) is 32.7 Å². The third kappa shape index (κ3) is 4.70. The summed E-state index contributed by atoms with van der Waals surface area (Å²) in [5.74, 6) is 0. The molecular weight excluding hydrogens is 262 g/mol. The molecule has 1 rings (SSSR count). The first-order valence-electron chi connectivity index (χ1n) is 7.29. The maximum atomic E-state index is 12.7. The van der Waals surface area contributed by atoms with Gasteiger partial charge in [0.05, 0.1) is 0 Å². The van der Waals surface area contributed by atoms with E-state index in [4.69, 9.17) is 5.73 Å². The molecule has 1 saturated heterocycles. The molecule has 0 unspecified atom stereocenters. The number of rotatable bonds is 7. The molecular formula is C13H29N3O2S. The van der Waals surface area contributed by atoms with Gasteiger partial charge in [0.1, 0.15) is 0 Å². The summed E-state index contributed by atoms with van der Waals surface area (Å²) in [7, 11) is -3.32. The van der Waals surface area contributed by atoms with E-state index in [2.05, 4.69) is 0 Å². The van der Waals surface area contributed by atoms with Gasteiger partial charge in [0.2, 0.25) is 0 Å². The molecule has 0 amide bonds. The molecule has 1 fully saturated rings. The van der Waals surface area contributed by atoms with Crippen LogP contribution in [0.4, 0.5) is 0 Å². The molecule has 0 radical (unpaired) electrons. The molecule has 0 aromatic rings. The van der Waals surface area contributed by atoms with Gasteiger partial charge in [0.15, 0.2) is 0 Å². The molecule has 114 valence electrons. The largest absolute Gasteiger partial charge is 0.330 e. The van der Waals surface area contributed by atoms with E-state index < -0.39 is 10.2 Å². The van der Waals surface area contributed by atoms with Crippen LogP contribution in [0.2, 0.25) is 0 Å². The number of hydrogen-bond donors (Lipinski definition) is 1. The highest BCUT2D eigenvalue weighted by Crippen LogP contribution is 2.22. The Labute approximate surface area is 118 Å². The molecule has 0 bridgehead atoms. The maximum absolute atomic E-state index is 12.7. The molecule has 1 aliphatic rings. The Bertz CT molecular complexity index is 362. The quantitative estimate of drug-likeness (QED) is 0.771. The second-order valence-corrected chi connectivity index (χ2v) is 8.10. The highest BCUT2D eigenvalue weighted by Gasteiger charge is 2.33. The zero-order valence-electron chi connectivity index (χ0n) is 12.6. The molecule has 1 aliphatic heterocycles. The smallest absolute Gasteiger partial charge is 0.281 e. The monoisotopic (exact) mass is 291 g/mol. The van der Waals surface area contributed by atoms with Crippen LogP contribution in [0.5, 0.6) is 0 Å². The molecule has 5 nitrogen and oxygen atoms in total. The minimum absolute atomic E-state index is 0.183. The molecule has 0 spiro atoms. The molecule has 0 aliphatic carbocycles. The lowest BCUT2D eigenvalue weighted by Gasteiger charge is -2.36. The Hall–Kier alpha value is -0.170. The first kappa shape index (κ1) is 16.9. The minimum Gasteiger partial charge on any atom is -0.330 e. The van der Waals surface area contributed by atoms with Crippen LogP contribution in [0.1, 0.15) is 46.5 Å². The van der Waals surface area contributed by atoms with Gasteiger partial charge in [-0.05, 0) is 31.2 Å². The maximum Gasteiger partial charge on any atom is 0.281 e. The summed E-state index contributed by atoms with van der Waals surface area (Å²) >= 11 is 0. The van der Waals surface area contributed by atoms with Crippen LogP contribution in [0.3, 0.4) is 0 Å².